The van der Waals surface area contributed by atoms with Crippen LogP contribution in [-0.4, -0.2) is 12.8 Å². The summed E-state index contributed by atoms with van der Waals surface area (Å²) < 4.78 is 13.3. The normalized spacial score (nSPS) is 17.6. The van der Waals surface area contributed by atoms with Crippen LogP contribution in [0.15, 0.2) is 18.2 Å². The largest absolute Gasteiger partial charge is 0.384 e. The lowest BCUT2D eigenvalue weighted by Gasteiger charge is -2.36. The van der Waals surface area contributed by atoms with Crippen LogP contribution in [0.25, 0.3) is 0 Å². The van der Waals surface area contributed by atoms with E-state index in [9.17, 15) is 9.18 Å². The molecule has 0 aliphatic heterocycles. The average molecular weight is 221 g/mol. The summed E-state index contributed by atoms with van der Waals surface area (Å²) in [5.74, 6) is -0.209. The standard InChI is InChI=1S/C13H16FNO/c1-10-3-4-11(7-12(10)14)15-8-13(9-16)5-2-6-13/h3-4,7,9,15H,2,5-6,8H2,1H3. The number of carbonyl (C=O) groups is 1. The Morgan fingerprint density at radius 3 is 2.75 bits per heavy atom. The molecule has 0 bridgehead atoms. The molecule has 1 N–H and O–H groups in total. The van der Waals surface area contributed by atoms with Gasteiger partial charge in [0.25, 0.3) is 0 Å². The van der Waals surface area contributed by atoms with Crippen LogP contribution in [0.5, 0.6) is 0 Å². The van der Waals surface area contributed by atoms with Gasteiger partial charge in [-0.1, -0.05) is 12.5 Å². The number of rotatable bonds is 4. The number of aldehydes is 1. The molecular formula is C13H16FNO. The van der Waals surface area contributed by atoms with E-state index in [0.717, 1.165) is 31.2 Å². The second-order valence-corrected chi connectivity index (χ2v) is 4.65. The number of carbonyl (C=O) groups excluding carboxylic acids is 1. The highest BCUT2D eigenvalue weighted by molar-refractivity contribution is 5.62. The molecule has 0 unspecified atom stereocenters. The molecule has 1 aromatic rings. The highest BCUT2D eigenvalue weighted by Crippen LogP contribution is 2.38. The third kappa shape index (κ3) is 2.08. The Balaban J connectivity index is 1.99. The molecule has 2 nitrogen and oxygen atoms in total. The minimum Gasteiger partial charge on any atom is -0.384 e. The van der Waals surface area contributed by atoms with E-state index in [0.29, 0.717) is 12.1 Å². The molecule has 0 amide bonds. The molecule has 1 aliphatic carbocycles. The van der Waals surface area contributed by atoms with E-state index in [-0.39, 0.29) is 11.2 Å². The Labute approximate surface area is 94.9 Å². The highest BCUT2D eigenvalue weighted by atomic mass is 19.1. The van der Waals surface area contributed by atoms with Gasteiger partial charge >= 0.3 is 0 Å². The minimum atomic E-state index is -0.209. The summed E-state index contributed by atoms with van der Waals surface area (Å²) in [6, 6.07) is 5.06. The van der Waals surface area contributed by atoms with Gasteiger partial charge in [-0.3, -0.25) is 0 Å². The van der Waals surface area contributed by atoms with Gasteiger partial charge in [-0.15, -0.1) is 0 Å². The van der Waals surface area contributed by atoms with Crippen LogP contribution in [0.4, 0.5) is 10.1 Å². The summed E-state index contributed by atoms with van der Waals surface area (Å²) in [6.07, 6.45) is 4.03. The zero-order chi connectivity index (χ0) is 11.6. The zero-order valence-corrected chi connectivity index (χ0v) is 9.42. The smallest absolute Gasteiger partial charge is 0.128 e. The van der Waals surface area contributed by atoms with Crippen molar-refractivity contribution >= 4 is 12.0 Å². The van der Waals surface area contributed by atoms with Crippen LogP contribution in [0.3, 0.4) is 0 Å². The van der Waals surface area contributed by atoms with Crippen LogP contribution in [0, 0.1) is 18.2 Å². The topological polar surface area (TPSA) is 29.1 Å². The van der Waals surface area contributed by atoms with Gasteiger partial charge in [0.05, 0.1) is 0 Å². The molecule has 3 heteroatoms. The van der Waals surface area contributed by atoms with Crippen molar-refractivity contribution in [3.05, 3.63) is 29.6 Å². The first-order valence-corrected chi connectivity index (χ1v) is 5.62. The molecule has 0 saturated heterocycles. The molecule has 0 heterocycles. The van der Waals surface area contributed by atoms with E-state index in [4.69, 9.17) is 0 Å². The molecule has 0 spiro atoms. The lowest BCUT2D eigenvalue weighted by Crippen LogP contribution is -2.37. The third-order valence-corrected chi connectivity index (χ3v) is 3.42. The van der Waals surface area contributed by atoms with Gasteiger partial charge in [0.1, 0.15) is 12.1 Å². The van der Waals surface area contributed by atoms with Crippen molar-refractivity contribution in [1.29, 1.82) is 0 Å². The number of anilines is 1. The minimum absolute atomic E-state index is 0.207. The molecule has 0 aromatic heterocycles. The number of halogens is 1. The molecular weight excluding hydrogens is 205 g/mol. The Hall–Kier alpha value is -1.38. The Kier molecular flexibility index (Phi) is 2.95. The highest BCUT2D eigenvalue weighted by Gasteiger charge is 2.36. The Morgan fingerprint density at radius 2 is 2.25 bits per heavy atom. The first-order valence-electron chi connectivity index (χ1n) is 5.62. The van der Waals surface area contributed by atoms with Gasteiger partial charge in [0.2, 0.25) is 0 Å². The summed E-state index contributed by atoms with van der Waals surface area (Å²) >= 11 is 0. The summed E-state index contributed by atoms with van der Waals surface area (Å²) in [7, 11) is 0. The fourth-order valence-electron chi connectivity index (χ4n) is 1.95. The van der Waals surface area contributed by atoms with Gasteiger partial charge in [-0.25, -0.2) is 4.39 Å². The number of benzene rings is 1. The molecule has 86 valence electrons. The predicted molar refractivity (Wildman–Crippen MR) is 62.0 cm³/mol. The van der Waals surface area contributed by atoms with Crippen molar-refractivity contribution < 1.29 is 9.18 Å². The molecule has 2 rings (SSSR count). The third-order valence-electron chi connectivity index (χ3n) is 3.42. The van der Waals surface area contributed by atoms with E-state index in [1.807, 2.05) is 6.07 Å². The van der Waals surface area contributed by atoms with E-state index >= 15 is 0 Å². The summed E-state index contributed by atoms with van der Waals surface area (Å²) in [5.41, 5.74) is 1.18. The summed E-state index contributed by atoms with van der Waals surface area (Å²) in [5, 5.41) is 3.14. The van der Waals surface area contributed by atoms with Crippen LogP contribution >= 0.6 is 0 Å². The van der Waals surface area contributed by atoms with Crippen molar-refractivity contribution in [2.45, 2.75) is 26.2 Å². The lowest BCUT2D eigenvalue weighted by molar-refractivity contribution is -0.119. The summed E-state index contributed by atoms with van der Waals surface area (Å²) in [4.78, 5) is 10.9. The van der Waals surface area contributed by atoms with Gasteiger partial charge in [-0.05, 0) is 37.5 Å². The van der Waals surface area contributed by atoms with Gasteiger partial charge in [0.15, 0.2) is 0 Å². The maximum atomic E-state index is 13.3. The maximum absolute atomic E-state index is 13.3. The fourth-order valence-corrected chi connectivity index (χ4v) is 1.95. The number of hydrogen-bond donors (Lipinski definition) is 1. The number of hydrogen-bond acceptors (Lipinski definition) is 2. The molecule has 1 fully saturated rings. The first kappa shape index (κ1) is 11.1. The molecule has 0 radical (unpaired) electrons. The van der Waals surface area contributed by atoms with Crippen LogP contribution in [0.2, 0.25) is 0 Å². The van der Waals surface area contributed by atoms with Gasteiger partial charge in [0, 0.05) is 17.6 Å². The lowest BCUT2D eigenvalue weighted by atomic mass is 9.70. The van der Waals surface area contributed by atoms with Crippen molar-refractivity contribution in [3.8, 4) is 0 Å². The molecule has 16 heavy (non-hydrogen) atoms. The quantitative estimate of drug-likeness (QED) is 0.792. The molecule has 1 aromatic carbocycles. The van der Waals surface area contributed by atoms with Crippen LogP contribution < -0.4 is 5.32 Å². The van der Waals surface area contributed by atoms with E-state index in [2.05, 4.69) is 5.32 Å². The first-order chi connectivity index (χ1) is 7.65. The fraction of sp³-hybridized carbons (Fsp3) is 0.462. The van der Waals surface area contributed by atoms with Crippen molar-refractivity contribution in [2.24, 2.45) is 5.41 Å². The SMILES string of the molecule is Cc1ccc(NCC2(C=O)CCC2)cc1F. The molecule has 0 atom stereocenters. The zero-order valence-electron chi connectivity index (χ0n) is 9.42. The van der Waals surface area contributed by atoms with Gasteiger partial charge in [-0.2, -0.15) is 0 Å². The number of nitrogens with one attached hydrogen (secondary N) is 1. The maximum Gasteiger partial charge on any atom is 0.128 e. The van der Waals surface area contributed by atoms with Gasteiger partial charge < -0.3 is 10.1 Å². The van der Waals surface area contributed by atoms with Crippen molar-refractivity contribution in [1.82, 2.24) is 0 Å². The second kappa shape index (κ2) is 4.24. The predicted octanol–water partition coefficient (Wildman–Crippen LogP) is 2.92. The molecule has 1 saturated carbocycles. The van der Waals surface area contributed by atoms with E-state index in [1.54, 1.807) is 13.0 Å². The van der Waals surface area contributed by atoms with E-state index < -0.39 is 0 Å². The Morgan fingerprint density at radius 1 is 1.50 bits per heavy atom. The summed E-state index contributed by atoms with van der Waals surface area (Å²) in [6.45, 7) is 2.34. The molecule has 1 aliphatic rings. The average Bonchev–Trinajstić information content (AvgIpc) is 2.22. The van der Waals surface area contributed by atoms with Crippen molar-refractivity contribution in [3.63, 3.8) is 0 Å². The van der Waals surface area contributed by atoms with Crippen LogP contribution in [0.1, 0.15) is 24.8 Å². The Bertz CT molecular complexity index is 399. The van der Waals surface area contributed by atoms with E-state index in [1.165, 1.54) is 6.07 Å². The second-order valence-electron chi connectivity index (χ2n) is 4.65. The number of aryl methyl sites for hydroxylation is 1. The van der Waals surface area contributed by atoms with Crippen LogP contribution in [-0.2, 0) is 4.79 Å². The monoisotopic (exact) mass is 221 g/mol. The van der Waals surface area contributed by atoms with Crippen molar-refractivity contribution in [2.75, 3.05) is 11.9 Å².